The van der Waals surface area contributed by atoms with Crippen LogP contribution in [-0.4, -0.2) is 22.4 Å². The first-order valence-corrected chi connectivity index (χ1v) is 6.29. The Bertz CT molecular complexity index is 565. The summed E-state index contributed by atoms with van der Waals surface area (Å²) in [6.07, 6.45) is 4.58. The maximum absolute atomic E-state index is 10.8. The van der Waals surface area contributed by atoms with E-state index in [1.165, 1.54) is 0 Å². The van der Waals surface area contributed by atoms with E-state index in [1.54, 1.807) is 6.20 Å². The van der Waals surface area contributed by atoms with Crippen LogP contribution in [0, 0.1) is 20.8 Å². The van der Waals surface area contributed by atoms with Crippen LogP contribution >= 0.6 is 0 Å². The Morgan fingerprint density at radius 1 is 1.26 bits per heavy atom. The maximum Gasteiger partial charge on any atom is 0.150 e. The molecule has 1 heterocycles. The number of hydrogen-bond donors (Lipinski definition) is 0. The number of rotatable bonds is 5. The molecule has 2 rings (SSSR count). The van der Waals surface area contributed by atoms with Crippen molar-refractivity contribution in [3.05, 3.63) is 47.0 Å². The van der Waals surface area contributed by atoms with Gasteiger partial charge in [-0.15, -0.1) is 0 Å². The van der Waals surface area contributed by atoms with E-state index in [2.05, 4.69) is 4.98 Å². The predicted molar refractivity (Wildman–Crippen MR) is 73.8 cm³/mol. The molecule has 0 radical (unpaired) electrons. The van der Waals surface area contributed by atoms with Gasteiger partial charge in [0.1, 0.15) is 24.5 Å². The van der Waals surface area contributed by atoms with E-state index in [9.17, 15) is 4.79 Å². The number of carbonyl (C=O) groups is 1. The Morgan fingerprint density at radius 2 is 1.95 bits per heavy atom. The molecule has 0 aliphatic carbocycles. The summed E-state index contributed by atoms with van der Waals surface area (Å²) in [4.78, 5) is 14.9. The largest absolute Gasteiger partial charge is 0.491 e. The highest BCUT2D eigenvalue weighted by molar-refractivity contribution is 5.76. The highest BCUT2D eigenvalue weighted by atomic mass is 16.5. The minimum absolute atomic E-state index is 0.583. The number of aryl methyl sites for hydroxylation is 3. The van der Waals surface area contributed by atoms with Crippen molar-refractivity contribution in [2.24, 2.45) is 0 Å². The summed E-state index contributed by atoms with van der Waals surface area (Å²) in [5, 5.41) is 0. The molecular weight excluding hydrogens is 240 g/mol. The van der Waals surface area contributed by atoms with Crippen molar-refractivity contribution < 1.29 is 9.53 Å². The topological polar surface area (TPSA) is 44.1 Å². The lowest BCUT2D eigenvalue weighted by molar-refractivity contribution is 0.112. The van der Waals surface area contributed by atoms with Crippen molar-refractivity contribution in [2.45, 2.75) is 27.3 Å². The van der Waals surface area contributed by atoms with Crippen molar-refractivity contribution in [3.63, 3.8) is 0 Å². The standard InChI is InChI=1S/C15H18N2O2/c1-11-8-14(10-18)9-12(2)15(11)19-7-6-17-5-4-16-13(17)3/h4-5,8-10H,6-7H2,1-3H3. The highest BCUT2D eigenvalue weighted by Crippen LogP contribution is 2.24. The van der Waals surface area contributed by atoms with Crippen LogP contribution in [0.25, 0.3) is 0 Å². The summed E-state index contributed by atoms with van der Waals surface area (Å²) >= 11 is 0. The van der Waals surface area contributed by atoms with Gasteiger partial charge in [-0.1, -0.05) is 0 Å². The second-order valence-corrected chi connectivity index (χ2v) is 4.62. The SMILES string of the molecule is Cc1cc(C=O)cc(C)c1OCCn1ccnc1C. The molecule has 0 bridgehead atoms. The highest BCUT2D eigenvalue weighted by Gasteiger charge is 2.06. The zero-order chi connectivity index (χ0) is 13.8. The fraction of sp³-hybridized carbons (Fsp3) is 0.333. The van der Waals surface area contributed by atoms with Gasteiger partial charge in [0.2, 0.25) is 0 Å². The Labute approximate surface area is 113 Å². The van der Waals surface area contributed by atoms with Crippen molar-refractivity contribution in [1.29, 1.82) is 0 Å². The van der Waals surface area contributed by atoms with Crippen LogP contribution in [0.5, 0.6) is 5.75 Å². The second kappa shape index (κ2) is 5.69. The fourth-order valence-corrected chi connectivity index (χ4v) is 2.17. The smallest absolute Gasteiger partial charge is 0.150 e. The summed E-state index contributed by atoms with van der Waals surface area (Å²) in [7, 11) is 0. The molecule has 0 aliphatic rings. The summed E-state index contributed by atoms with van der Waals surface area (Å²) < 4.78 is 7.88. The van der Waals surface area contributed by atoms with Gasteiger partial charge >= 0.3 is 0 Å². The molecule has 1 aromatic heterocycles. The average Bonchev–Trinajstić information content (AvgIpc) is 2.78. The molecular formula is C15H18N2O2. The predicted octanol–water partition coefficient (Wildman–Crippen LogP) is 2.70. The third-order valence-corrected chi connectivity index (χ3v) is 3.12. The van der Waals surface area contributed by atoms with E-state index in [4.69, 9.17) is 4.74 Å². The molecule has 1 aromatic carbocycles. The molecule has 4 heteroatoms. The average molecular weight is 258 g/mol. The Balaban J connectivity index is 2.04. The van der Waals surface area contributed by atoms with Crippen molar-refractivity contribution in [1.82, 2.24) is 9.55 Å². The number of ether oxygens (including phenoxy) is 1. The third kappa shape index (κ3) is 3.02. The molecule has 0 saturated carbocycles. The monoisotopic (exact) mass is 258 g/mol. The van der Waals surface area contributed by atoms with E-state index in [0.29, 0.717) is 12.2 Å². The van der Waals surface area contributed by atoms with E-state index < -0.39 is 0 Å². The minimum Gasteiger partial charge on any atom is -0.491 e. The molecule has 100 valence electrons. The van der Waals surface area contributed by atoms with Gasteiger partial charge in [0.05, 0.1) is 6.54 Å². The molecule has 4 nitrogen and oxygen atoms in total. The van der Waals surface area contributed by atoms with Gasteiger partial charge in [-0.2, -0.15) is 0 Å². The lowest BCUT2D eigenvalue weighted by atomic mass is 10.1. The van der Waals surface area contributed by atoms with E-state index in [0.717, 1.165) is 35.5 Å². The molecule has 0 N–H and O–H groups in total. The first-order valence-electron chi connectivity index (χ1n) is 6.29. The van der Waals surface area contributed by atoms with Crippen LogP contribution in [0.3, 0.4) is 0 Å². The zero-order valence-corrected chi connectivity index (χ0v) is 11.5. The normalized spacial score (nSPS) is 10.5. The van der Waals surface area contributed by atoms with Gasteiger partial charge < -0.3 is 9.30 Å². The van der Waals surface area contributed by atoms with E-state index in [1.807, 2.05) is 43.7 Å². The molecule has 2 aromatic rings. The van der Waals surface area contributed by atoms with Gasteiger partial charge in [0, 0.05) is 18.0 Å². The van der Waals surface area contributed by atoms with Crippen LogP contribution in [-0.2, 0) is 6.54 Å². The van der Waals surface area contributed by atoms with Gasteiger partial charge in [-0.05, 0) is 44.0 Å². The molecule has 0 fully saturated rings. The number of hydrogen-bond acceptors (Lipinski definition) is 3. The summed E-state index contributed by atoms with van der Waals surface area (Å²) in [5.41, 5.74) is 2.67. The number of aldehydes is 1. The number of aromatic nitrogens is 2. The quantitative estimate of drug-likeness (QED) is 0.774. The van der Waals surface area contributed by atoms with E-state index in [-0.39, 0.29) is 0 Å². The van der Waals surface area contributed by atoms with Crippen molar-refractivity contribution >= 4 is 6.29 Å². The van der Waals surface area contributed by atoms with Crippen LogP contribution in [0.15, 0.2) is 24.5 Å². The molecule has 0 atom stereocenters. The number of imidazole rings is 1. The number of benzene rings is 1. The van der Waals surface area contributed by atoms with Gasteiger partial charge in [-0.3, -0.25) is 4.79 Å². The first-order chi connectivity index (χ1) is 9.11. The summed E-state index contributed by atoms with van der Waals surface area (Å²) in [6, 6.07) is 3.69. The summed E-state index contributed by atoms with van der Waals surface area (Å²) in [5.74, 6) is 1.84. The van der Waals surface area contributed by atoms with Gasteiger partial charge in [0.25, 0.3) is 0 Å². The van der Waals surface area contributed by atoms with Gasteiger partial charge in [0.15, 0.2) is 0 Å². The molecule has 0 saturated heterocycles. The van der Waals surface area contributed by atoms with Crippen molar-refractivity contribution in [2.75, 3.05) is 6.61 Å². The van der Waals surface area contributed by atoms with Crippen molar-refractivity contribution in [3.8, 4) is 5.75 Å². The van der Waals surface area contributed by atoms with Crippen LogP contribution < -0.4 is 4.74 Å². The zero-order valence-electron chi connectivity index (χ0n) is 11.5. The van der Waals surface area contributed by atoms with Crippen LogP contribution in [0.4, 0.5) is 0 Å². The molecule has 19 heavy (non-hydrogen) atoms. The maximum atomic E-state index is 10.8. The lowest BCUT2D eigenvalue weighted by Gasteiger charge is -2.13. The lowest BCUT2D eigenvalue weighted by Crippen LogP contribution is -2.10. The fourth-order valence-electron chi connectivity index (χ4n) is 2.17. The Kier molecular flexibility index (Phi) is 4.00. The Morgan fingerprint density at radius 3 is 2.47 bits per heavy atom. The van der Waals surface area contributed by atoms with Crippen LogP contribution in [0.2, 0.25) is 0 Å². The molecule has 0 amide bonds. The Hall–Kier alpha value is -2.10. The molecule has 0 spiro atoms. The van der Waals surface area contributed by atoms with Gasteiger partial charge in [-0.25, -0.2) is 4.98 Å². The van der Waals surface area contributed by atoms with Crippen LogP contribution in [0.1, 0.15) is 27.3 Å². The summed E-state index contributed by atoms with van der Waals surface area (Å²) in [6.45, 7) is 7.23. The minimum atomic E-state index is 0.583. The number of carbonyl (C=O) groups excluding carboxylic acids is 1. The second-order valence-electron chi connectivity index (χ2n) is 4.62. The first kappa shape index (κ1) is 13.3. The third-order valence-electron chi connectivity index (χ3n) is 3.12. The molecule has 0 unspecified atom stereocenters. The molecule has 0 aliphatic heterocycles. The number of nitrogens with zero attached hydrogens (tertiary/aromatic N) is 2. The van der Waals surface area contributed by atoms with E-state index >= 15 is 0 Å².